The predicted molar refractivity (Wildman–Crippen MR) is 255 cm³/mol. The molecule has 0 aliphatic carbocycles. The van der Waals surface area contributed by atoms with Crippen LogP contribution in [0.5, 0.6) is 23.0 Å². The van der Waals surface area contributed by atoms with Crippen LogP contribution in [0.1, 0.15) is 123 Å². The van der Waals surface area contributed by atoms with Crippen molar-refractivity contribution in [1.82, 2.24) is 0 Å². The van der Waals surface area contributed by atoms with Crippen molar-refractivity contribution in [3.8, 4) is 23.0 Å². The molecular formula is C50H53Br2ClN2O6. The molecule has 0 aliphatic rings. The Morgan fingerprint density at radius 3 is 1.43 bits per heavy atom. The van der Waals surface area contributed by atoms with Gasteiger partial charge in [-0.3, -0.25) is 9.98 Å². The van der Waals surface area contributed by atoms with Gasteiger partial charge in [0.15, 0.2) is 5.75 Å². The molecule has 0 bridgehead atoms. The van der Waals surface area contributed by atoms with Crippen LogP contribution in [0.15, 0.2) is 122 Å². The highest BCUT2D eigenvalue weighted by molar-refractivity contribution is 9.11. The first-order valence-corrected chi connectivity index (χ1v) is 23.1. The van der Waals surface area contributed by atoms with E-state index in [9.17, 15) is 9.59 Å². The first-order valence-electron chi connectivity index (χ1n) is 21.1. The molecule has 5 aromatic rings. The Morgan fingerprint density at radius 1 is 0.525 bits per heavy atom. The number of halogens is 3. The molecule has 0 atom stereocenters. The van der Waals surface area contributed by atoms with Crippen LogP contribution in [-0.2, 0) is 0 Å². The monoisotopic (exact) mass is 970 g/mol. The van der Waals surface area contributed by atoms with Crippen LogP contribution in [0.25, 0.3) is 0 Å². The Hall–Kier alpha value is -4.77. The van der Waals surface area contributed by atoms with Gasteiger partial charge in [-0.25, -0.2) is 9.59 Å². The maximum atomic E-state index is 13.1. The second-order valence-electron chi connectivity index (χ2n) is 14.6. The van der Waals surface area contributed by atoms with E-state index in [1.165, 1.54) is 82.4 Å². The third-order valence-corrected chi connectivity index (χ3v) is 11.2. The second-order valence-corrected chi connectivity index (χ2v) is 16.7. The molecule has 8 nitrogen and oxygen atoms in total. The summed E-state index contributed by atoms with van der Waals surface area (Å²) >= 11 is 13.6. The zero-order valence-electron chi connectivity index (χ0n) is 34.8. The van der Waals surface area contributed by atoms with Crippen molar-refractivity contribution >= 4 is 79.2 Å². The molecule has 0 saturated heterocycles. The van der Waals surface area contributed by atoms with Crippen LogP contribution < -0.4 is 18.9 Å². The van der Waals surface area contributed by atoms with Crippen molar-refractivity contribution in [2.75, 3.05) is 13.2 Å². The highest BCUT2D eigenvalue weighted by atomic mass is 79.9. The topological polar surface area (TPSA) is 95.8 Å². The van der Waals surface area contributed by atoms with E-state index in [1.807, 2.05) is 36.4 Å². The Morgan fingerprint density at radius 2 is 0.967 bits per heavy atom. The van der Waals surface area contributed by atoms with Gasteiger partial charge in [-0.2, -0.15) is 0 Å². The van der Waals surface area contributed by atoms with E-state index < -0.39 is 11.9 Å². The van der Waals surface area contributed by atoms with Gasteiger partial charge in [-0.1, -0.05) is 114 Å². The maximum Gasteiger partial charge on any atom is 0.343 e. The Bertz CT molecular complexity index is 2230. The summed E-state index contributed by atoms with van der Waals surface area (Å²) in [6.07, 6.45) is 18.0. The third-order valence-electron chi connectivity index (χ3n) is 9.68. The lowest BCUT2D eigenvalue weighted by Crippen LogP contribution is -2.10. The molecule has 0 spiro atoms. The number of carbonyl (C=O) groups is 2. The SMILES string of the molecule is CCCCCCCCOc1ccc(N=Cc2ccc(C(=O)Oc3ccc(Cl)c(OC(=O)c4ccc(C=Nc5ccc(OCCCCCCCC)c(Br)c5)cc4)c3)cc2)cc1Br. The van der Waals surface area contributed by atoms with Crippen LogP contribution in [-0.4, -0.2) is 37.6 Å². The Balaban J connectivity index is 1.08. The predicted octanol–water partition coefficient (Wildman–Crippen LogP) is 15.3. The number of aliphatic imine (C=N–C) groups is 2. The van der Waals surface area contributed by atoms with E-state index in [0.717, 1.165) is 55.8 Å². The number of ether oxygens (including phenoxy) is 4. The fraction of sp³-hybridized carbons (Fsp3) is 0.320. The van der Waals surface area contributed by atoms with Crippen LogP contribution >= 0.6 is 43.5 Å². The highest BCUT2D eigenvalue weighted by Crippen LogP contribution is 2.32. The molecule has 0 N–H and O–H groups in total. The van der Waals surface area contributed by atoms with Gasteiger partial charge in [0, 0.05) is 18.5 Å². The number of benzene rings is 5. The normalized spacial score (nSPS) is 11.3. The van der Waals surface area contributed by atoms with Gasteiger partial charge in [-0.05, 0) is 129 Å². The molecule has 61 heavy (non-hydrogen) atoms. The standard InChI is InChI=1S/C50H53Br2ClN2O6/c1-3-5-7-9-11-13-29-58-46-27-23-40(31-43(46)51)54-34-36-15-19-38(20-16-36)49(56)60-42-25-26-45(53)48(33-42)61-50(57)39-21-17-37(18-22-39)35-55-41-24-28-47(44(52)32-41)59-30-14-12-10-8-6-4-2/h15-28,31-35H,3-14,29-30H2,1-2H3. The minimum atomic E-state index is -0.619. The number of unbranched alkanes of at least 4 members (excludes halogenated alkanes) is 10. The smallest absolute Gasteiger partial charge is 0.343 e. The van der Waals surface area contributed by atoms with Crippen molar-refractivity contribution in [3.05, 3.63) is 139 Å². The summed E-state index contributed by atoms with van der Waals surface area (Å²) in [5, 5.41) is 0.188. The van der Waals surface area contributed by atoms with Gasteiger partial charge >= 0.3 is 11.9 Å². The fourth-order valence-corrected chi connectivity index (χ4v) is 7.28. The van der Waals surface area contributed by atoms with Crippen molar-refractivity contribution in [3.63, 3.8) is 0 Å². The van der Waals surface area contributed by atoms with E-state index in [-0.39, 0.29) is 16.5 Å². The lowest BCUT2D eigenvalue weighted by Gasteiger charge is -2.10. The average Bonchev–Trinajstić information content (AvgIpc) is 3.27. The summed E-state index contributed by atoms with van der Waals surface area (Å²) in [5.41, 5.74) is 3.77. The number of nitrogens with zero attached hydrogens (tertiary/aromatic N) is 2. The number of esters is 2. The molecule has 0 saturated carbocycles. The summed E-state index contributed by atoms with van der Waals surface area (Å²) < 4.78 is 24.8. The number of hydrogen-bond acceptors (Lipinski definition) is 8. The summed E-state index contributed by atoms with van der Waals surface area (Å²) in [5.74, 6) is 0.618. The molecule has 0 unspecified atom stereocenters. The van der Waals surface area contributed by atoms with E-state index in [2.05, 4.69) is 55.7 Å². The molecule has 0 aliphatic heterocycles. The van der Waals surface area contributed by atoms with Gasteiger partial charge < -0.3 is 18.9 Å². The molecule has 0 heterocycles. The van der Waals surface area contributed by atoms with Crippen molar-refractivity contribution in [2.24, 2.45) is 9.98 Å². The molecule has 11 heteroatoms. The Kier molecular flexibility index (Phi) is 20.1. The van der Waals surface area contributed by atoms with Crippen LogP contribution in [0.3, 0.4) is 0 Å². The molecule has 5 aromatic carbocycles. The first kappa shape index (κ1) is 47.3. The van der Waals surface area contributed by atoms with Crippen molar-refractivity contribution in [1.29, 1.82) is 0 Å². The molecule has 0 radical (unpaired) electrons. The summed E-state index contributed by atoms with van der Waals surface area (Å²) in [6, 6.07) is 29.6. The van der Waals surface area contributed by atoms with Crippen LogP contribution in [0.2, 0.25) is 5.02 Å². The lowest BCUT2D eigenvalue weighted by atomic mass is 10.1. The molecule has 5 rings (SSSR count). The second kappa shape index (κ2) is 25.9. The summed E-state index contributed by atoms with van der Waals surface area (Å²) in [7, 11) is 0. The van der Waals surface area contributed by atoms with Gasteiger partial charge in [0.2, 0.25) is 0 Å². The zero-order valence-corrected chi connectivity index (χ0v) is 38.8. The first-order chi connectivity index (χ1) is 29.7. The van der Waals surface area contributed by atoms with E-state index in [4.69, 9.17) is 30.5 Å². The Labute approximate surface area is 382 Å². The zero-order chi connectivity index (χ0) is 43.2. The van der Waals surface area contributed by atoms with Gasteiger partial charge in [-0.15, -0.1) is 0 Å². The lowest BCUT2D eigenvalue weighted by molar-refractivity contribution is 0.0733. The molecule has 320 valence electrons. The summed E-state index contributed by atoms with van der Waals surface area (Å²) in [6.45, 7) is 5.82. The highest BCUT2D eigenvalue weighted by Gasteiger charge is 2.15. The van der Waals surface area contributed by atoms with E-state index in [1.54, 1.807) is 61.0 Å². The fourth-order valence-electron chi connectivity index (χ4n) is 6.16. The van der Waals surface area contributed by atoms with Crippen molar-refractivity contribution in [2.45, 2.75) is 90.9 Å². The summed E-state index contributed by atoms with van der Waals surface area (Å²) in [4.78, 5) is 35.2. The average molecular weight is 973 g/mol. The molecule has 0 aromatic heterocycles. The quantitative estimate of drug-likeness (QED) is 0.0264. The molecule has 0 fully saturated rings. The van der Waals surface area contributed by atoms with Crippen molar-refractivity contribution < 1.29 is 28.5 Å². The van der Waals surface area contributed by atoms with E-state index >= 15 is 0 Å². The molecule has 0 amide bonds. The van der Waals surface area contributed by atoms with Gasteiger partial charge in [0.05, 0.1) is 49.7 Å². The van der Waals surface area contributed by atoms with Crippen LogP contribution in [0.4, 0.5) is 11.4 Å². The molecular weight excluding hydrogens is 920 g/mol. The van der Waals surface area contributed by atoms with Crippen LogP contribution in [0, 0.1) is 0 Å². The van der Waals surface area contributed by atoms with Gasteiger partial charge in [0.1, 0.15) is 17.2 Å². The van der Waals surface area contributed by atoms with E-state index in [0.29, 0.717) is 24.3 Å². The number of carbonyl (C=O) groups excluding carboxylic acids is 2. The largest absolute Gasteiger partial charge is 0.492 e. The minimum Gasteiger partial charge on any atom is -0.492 e. The number of hydrogen-bond donors (Lipinski definition) is 0. The minimum absolute atomic E-state index is 0.0585. The van der Waals surface area contributed by atoms with Gasteiger partial charge in [0.25, 0.3) is 0 Å². The third kappa shape index (κ3) is 16.2. The number of rotatable bonds is 24. The maximum absolute atomic E-state index is 13.1.